The maximum atomic E-state index is 12.1. The number of hydrogen-bond donors (Lipinski definition) is 1. The molecule has 0 spiro atoms. The van der Waals surface area contributed by atoms with Crippen molar-refractivity contribution in [2.45, 2.75) is 12.8 Å². The third-order valence-electron chi connectivity index (χ3n) is 3.44. The zero-order chi connectivity index (χ0) is 10.7. The van der Waals surface area contributed by atoms with Gasteiger partial charge in [0.15, 0.2) is 0 Å². The SMILES string of the molecule is CN1CCCN(C(=O)[C@H]2CCNC2)CC1.Cl. The molecule has 1 atom stereocenters. The molecule has 2 aliphatic rings. The summed E-state index contributed by atoms with van der Waals surface area (Å²) in [4.78, 5) is 16.5. The van der Waals surface area contributed by atoms with E-state index >= 15 is 0 Å². The van der Waals surface area contributed by atoms with E-state index in [1.54, 1.807) is 0 Å². The van der Waals surface area contributed by atoms with E-state index in [4.69, 9.17) is 0 Å². The first kappa shape index (κ1) is 13.7. The molecule has 2 aliphatic heterocycles. The van der Waals surface area contributed by atoms with Gasteiger partial charge >= 0.3 is 0 Å². The van der Waals surface area contributed by atoms with Gasteiger partial charge in [-0.25, -0.2) is 0 Å². The molecule has 1 amide bonds. The lowest BCUT2D eigenvalue weighted by Gasteiger charge is -2.23. The Morgan fingerprint density at radius 2 is 2.06 bits per heavy atom. The molecule has 5 heteroatoms. The molecule has 4 nitrogen and oxygen atoms in total. The van der Waals surface area contributed by atoms with E-state index in [-0.39, 0.29) is 18.3 Å². The van der Waals surface area contributed by atoms with E-state index in [1.807, 2.05) is 0 Å². The van der Waals surface area contributed by atoms with Crippen LogP contribution in [-0.2, 0) is 4.79 Å². The molecule has 0 aromatic rings. The molecule has 2 saturated heterocycles. The molecule has 94 valence electrons. The number of nitrogens with one attached hydrogen (secondary N) is 1. The van der Waals surface area contributed by atoms with Crippen LogP contribution in [0, 0.1) is 5.92 Å². The molecule has 16 heavy (non-hydrogen) atoms. The topological polar surface area (TPSA) is 35.6 Å². The number of carbonyl (C=O) groups is 1. The van der Waals surface area contributed by atoms with Crippen molar-refractivity contribution >= 4 is 18.3 Å². The standard InChI is InChI=1S/C11H21N3O.ClH/c1-13-5-2-6-14(8-7-13)11(15)10-3-4-12-9-10;/h10,12H,2-9H2,1H3;1H/t10-;/m0./s1. The van der Waals surface area contributed by atoms with Crippen LogP contribution in [0.5, 0.6) is 0 Å². The summed E-state index contributed by atoms with van der Waals surface area (Å²) < 4.78 is 0. The van der Waals surface area contributed by atoms with E-state index in [0.29, 0.717) is 5.91 Å². The number of likely N-dealkylation sites (N-methyl/N-ethyl adjacent to an activating group) is 1. The number of amides is 1. The van der Waals surface area contributed by atoms with Gasteiger partial charge in [0.2, 0.25) is 5.91 Å². The normalized spacial score (nSPS) is 27.3. The second-order valence-corrected chi connectivity index (χ2v) is 4.67. The Balaban J connectivity index is 0.00000128. The summed E-state index contributed by atoms with van der Waals surface area (Å²) in [7, 11) is 2.13. The first-order chi connectivity index (χ1) is 7.27. The molecule has 2 fully saturated rings. The second-order valence-electron chi connectivity index (χ2n) is 4.67. The van der Waals surface area contributed by atoms with Crippen LogP contribution in [0.2, 0.25) is 0 Å². The van der Waals surface area contributed by atoms with Crippen molar-refractivity contribution in [1.29, 1.82) is 0 Å². The third kappa shape index (κ3) is 3.34. The molecule has 2 rings (SSSR count). The number of halogens is 1. The van der Waals surface area contributed by atoms with Crippen LogP contribution >= 0.6 is 12.4 Å². The number of rotatable bonds is 1. The summed E-state index contributed by atoms with van der Waals surface area (Å²) in [5.74, 6) is 0.615. The van der Waals surface area contributed by atoms with Gasteiger partial charge in [-0.3, -0.25) is 4.79 Å². The number of hydrogen-bond acceptors (Lipinski definition) is 3. The predicted molar refractivity (Wildman–Crippen MR) is 66.9 cm³/mol. The average Bonchev–Trinajstić information content (AvgIpc) is 2.67. The van der Waals surface area contributed by atoms with Crippen LogP contribution in [0.3, 0.4) is 0 Å². The van der Waals surface area contributed by atoms with Gasteiger partial charge < -0.3 is 15.1 Å². The van der Waals surface area contributed by atoms with Crippen LogP contribution < -0.4 is 5.32 Å². The Bertz CT molecular complexity index is 231. The van der Waals surface area contributed by atoms with Gasteiger partial charge in [0.25, 0.3) is 0 Å². The van der Waals surface area contributed by atoms with E-state index in [1.165, 1.54) is 0 Å². The summed E-state index contributed by atoms with van der Waals surface area (Å²) in [6.07, 6.45) is 2.13. The lowest BCUT2D eigenvalue weighted by molar-refractivity contribution is -0.134. The molecule has 0 aromatic heterocycles. The van der Waals surface area contributed by atoms with Gasteiger partial charge in [-0.2, -0.15) is 0 Å². The fraction of sp³-hybridized carbons (Fsp3) is 0.909. The van der Waals surface area contributed by atoms with Crippen molar-refractivity contribution in [2.75, 3.05) is 46.3 Å². The molecular weight excluding hydrogens is 226 g/mol. The predicted octanol–water partition coefficient (Wildman–Crippen LogP) is 0.182. The van der Waals surface area contributed by atoms with Crippen LogP contribution in [0.4, 0.5) is 0 Å². The Morgan fingerprint density at radius 3 is 2.75 bits per heavy atom. The third-order valence-corrected chi connectivity index (χ3v) is 3.44. The van der Waals surface area contributed by atoms with Gasteiger partial charge in [-0.05, 0) is 33.0 Å². The average molecular weight is 248 g/mol. The highest BCUT2D eigenvalue weighted by Crippen LogP contribution is 2.13. The first-order valence-electron chi connectivity index (χ1n) is 5.95. The monoisotopic (exact) mass is 247 g/mol. The van der Waals surface area contributed by atoms with Crippen LogP contribution in [-0.4, -0.2) is 62.0 Å². The number of carbonyl (C=O) groups excluding carboxylic acids is 1. The first-order valence-corrected chi connectivity index (χ1v) is 5.95. The molecule has 1 N–H and O–H groups in total. The Labute approximate surface area is 104 Å². The maximum Gasteiger partial charge on any atom is 0.227 e. The van der Waals surface area contributed by atoms with Crippen LogP contribution in [0.1, 0.15) is 12.8 Å². The minimum absolute atomic E-state index is 0. The van der Waals surface area contributed by atoms with E-state index in [0.717, 1.165) is 52.1 Å². The summed E-state index contributed by atoms with van der Waals surface area (Å²) >= 11 is 0. The molecule has 0 aromatic carbocycles. The highest BCUT2D eigenvalue weighted by molar-refractivity contribution is 5.85. The molecule has 0 aliphatic carbocycles. The largest absolute Gasteiger partial charge is 0.341 e. The second kappa shape index (κ2) is 6.42. The van der Waals surface area contributed by atoms with E-state index in [2.05, 4.69) is 22.2 Å². The Morgan fingerprint density at radius 1 is 1.25 bits per heavy atom. The molecular formula is C11H22ClN3O. The van der Waals surface area contributed by atoms with Gasteiger partial charge in [0, 0.05) is 26.2 Å². The maximum absolute atomic E-state index is 12.1. The van der Waals surface area contributed by atoms with Crippen LogP contribution in [0.15, 0.2) is 0 Å². The van der Waals surface area contributed by atoms with Crippen molar-refractivity contribution in [3.05, 3.63) is 0 Å². The lowest BCUT2D eigenvalue weighted by atomic mass is 10.1. The molecule has 0 saturated carbocycles. The van der Waals surface area contributed by atoms with Crippen molar-refractivity contribution in [3.63, 3.8) is 0 Å². The van der Waals surface area contributed by atoms with E-state index < -0.39 is 0 Å². The van der Waals surface area contributed by atoms with Crippen molar-refractivity contribution < 1.29 is 4.79 Å². The van der Waals surface area contributed by atoms with Gasteiger partial charge in [-0.15, -0.1) is 12.4 Å². The fourth-order valence-electron chi connectivity index (χ4n) is 2.39. The number of nitrogens with zero attached hydrogens (tertiary/aromatic N) is 2. The van der Waals surface area contributed by atoms with Gasteiger partial charge in [0.1, 0.15) is 0 Å². The Kier molecular flexibility index (Phi) is 5.52. The van der Waals surface area contributed by atoms with E-state index in [9.17, 15) is 4.79 Å². The van der Waals surface area contributed by atoms with Gasteiger partial charge in [0.05, 0.1) is 5.92 Å². The summed E-state index contributed by atoms with van der Waals surface area (Å²) in [6.45, 7) is 5.87. The van der Waals surface area contributed by atoms with Crippen molar-refractivity contribution in [1.82, 2.24) is 15.1 Å². The Hall–Kier alpha value is -0.320. The van der Waals surface area contributed by atoms with Gasteiger partial charge in [-0.1, -0.05) is 0 Å². The zero-order valence-electron chi connectivity index (χ0n) is 9.95. The van der Waals surface area contributed by atoms with Crippen LogP contribution in [0.25, 0.3) is 0 Å². The smallest absolute Gasteiger partial charge is 0.227 e. The molecule has 0 radical (unpaired) electrons. The minimum atomic E-state index is 0. The summed E-state index contributed by atoms with van der Waals surface area (Å²) in [6, 6.07) is 0. The molecule has 0 bridgehead atoms. The highest BCUT2D eigenvalue weighted by Gasteiger charge is 2.27. The zero-order valence-corrected chi connectivity index (χ0v) is 10.8. The fourth-order valence-corrected chi connectivity index (χ4v) is 2.39. The highest BCUT2D eigenvalue weighted by atomic mass is 35.5. The summed E-state index contributed by atoms with van der Waals surface area (Å²) in [5.41, 5.74) is 0. The van der Waals surface area contributed by atoms with Crippen molar-refractivity contribution in [3.8, 4) is 0 Å². The van der Waals surface area contributed by atoms with Crippen molar-refractivity contribution in [2.24, 2.45) is 5.92 Å². The summed E-state index contributed by atoms with van der Waals surface area (Å²) in [5, 5.41) is 3.26. The molecule has 2 heterocycles. The quantitative estimate of drug-likeness (QED) is 0.718. The molecule has 0 unspecified atom stereocenters. The lowest BCUT2D eigenvalue weighted by Crippen LogP contribution is -2.39. The minimum Gasteiger partial charge on any atom is -0.341 e.